The highest BCUT2D eigenvalue weighted by molar-refractivity contribution is 5.43. The molecule has 0 N–H and O–H groups in total. The quantitative estimate of drug-likeness (QED) is 0.845. The molecule has 3 rings (SSSR count). The molecule has 0 amide bonds. The van der Waals surface area contributed by atoms with Crippen LogP contribution in [0.4, 0.5) is 5.82 Å². The molecule has 6 heteroatoms. The SMILES string of the molecule is N#Cc1ccc(N2CCCC[C@@H]2Cn2cncn2)nc1. The highest BCUT2D eigenvalue weighted by Gasteiger charge is 2.24. The first kappa shape index (κ1) is 12.6. The summed E-state index contributed by atoms with van der Waals surface area (Å²) in [5, 5.41) is 13.0. The molecule has 0 bridgehead atoms. The van der Waals surface area contributed by atoms with Gasteiger partial charge in [-0.15, -0.1) is 0 Å². The Morgan fingerprint density at radius 3 is 3.00 bits per heavy atom. The minimum Gasteiger partial charge on any atom is -0.352 e. The van der Waals surface area contributed by atoms with Crippen LogP contribution in [0.25, 0.3) is 0 Å². The van der Waals surface area contributed by atoms with Gasteiger partial charge >= 0.3 is 0 Å². The maximum absolute atomic E-state index is 8.84. The normalized spacial score (nSPS) is 18.8. The third-order valence-electron chi connectivity index (χ3n) is 3.66. The molecule has 1 saturated heterocycles. The van der Waals surface area contributed by atoms with Crippen molar-refractivity contribution in [3.8, 4) is 6.07 Å². The lowest BCUT2D eigenvalue weighted by molar-refractivity contribution is 0.396. The van der Waals surface area contributed by atoms with Gasteiger partial charge in [0.25, 0.3) is 0 Å². The van der Waals surface area contributed by atoms with Crippen molar-refractivity contribution in [3.05, 3.63) is 36.5 Å². The summed E-state index contributed by atoms with van der Waals surface area (Å²) in [4.78, 5) is 10.7. The topological polar surface area (TPSA) is 70.6 Å². The zero-order chi connectivity index (χ0) is 13.8. The fourth-order valence-electron chi connectivity index (χ4n) is 2.66. The summed E-state index contributed by atoms with van der Waals surface area (Å²) in [7, 11) is 0. The molecule has 1 aliphatic rings. The molecule has 3 heterocycles. The smallest absolute Gasteiger partial charge is 0.137 e. The Kier molecular flexibility index (Phi) is 3.59. The largest absolute Gasteiger partial charge is 0.352 e. The van der Waals surface area contributed by atoms with E-state index in [0.717, 1.165) is 25.3 Å². The first-order chi connectivity index (χ1) is 9.86. The molecule has 2 aromatic rings. The summed E-state index contributed by atoms with van der Waals surface area (Å²) in [6.07, 6.45) is 8.48. The van der Waals surface area contributed by atoms with Crippen LogP contribution in [0.1, 0.15) is 24.8 Å². The zero-order valence-electron chi connectivity index (χ0n) is 11.2. The third-order valence-corrected chi connectivity index (χ3v) is 3.66. The lowest BCUT2D eigenvalue weighted by atomic mass is 10.0. The number of hydrogen-bond acceptors (Lipinski definition) is 5. The number of rotatable bonds is 3. The number of anilines is 1. The average molecular weight is 268 g/mol. The van der Waals surface area contributed by atoms with Crippen molar-refractivity contribution in [2.24, 2.45) is 0 Å². The Labute approximate surface area is 117 Å². The van der Waals surface area contributed by atoms with E-state index in [2.05, 4.69) is 26.0 Å². The minimum atomic E-state index is 0.380. The molecule has 0 saturated carbocycles. The molecule has 0 aromatic carbocycles. The van der Waals surface area contributed by atoms with Gasteiger partial charge in [0.1, 0.15) is 24.5 Å². The second-order valence-electron chi connectivity index (χ2n) is 4.98. The number of nitrogens with zero attached hydrogens (tertiary/aromatic N) is 6. The van der Waals surface area contributed by atoms with E-state index in [1.54, 1.807) is 18.9 Å². The van der Waals surface area contributed by atoms with Gasteiger partial charge in [0, 0.05) is 12.7 Å². The van der Waals surface area contributed by atoms with Crippen molar-refractivity contribution in [3.63, 3.8) is 0 Å². The van der Waals surface area contributed by atoms with E-state index in [9.17, 15) is 0 Å². The van der Waals surface area contributed by atoms with E-state index in [1.807, 2.05) is 16.8 Å². The highest BCUT2D eigenvalue weighted by atomic mass is 15.3. The summed E-state index contributed by atoms with van der Waals surface area (Å²) in [6.45, 7) is 1.82. The summed E-state index contributed by atoms with van der Waals surface area (Å²) >= 11 is 0. The summed E-state index contributed by atoms with van der Waals surface area (Å²) in [5.74, 6) is 0.939. The monoisotopic (exact) mass is 268 g/mol. The maximum Gasteiger partial charge on any atom is 0.137 e. The Morgan fingerprint density at radius 2 is 2.30 bits per heavy atom. The van der Waals surface area contributed by atoms with E-state index in [1.165, 1.54) is 12.8 Å². The number of piperidine rings is 1. The molecule has 0 radical (unpaired) electrons. The van der Waals surface area contributed by atoms with E-state index in [-0.39, 0.29) is 0 Å². The maximum atomic E-state index is 8.84. The van der Waals surface area contributed by atoms with Crippen LogP contribution in [0.5, 0.6) is 0 Å². The van der Waals surface area contributed by atoms with Crippen LogP contribution in [0.2, 0.25) is 0 Å². The average Bonchev–Trinajstić information content (AvgIpc) is 3.01. The van der Waals surface area contributed by atoms with Crippen LogP contribution in [-0.2, 0) is 6.54 Å². The van der Waals surface area contributed by atoms with Crippen molar-refractivity contribution >= 4 is 5.82 Å². The van der Waals surface area contributed by atoms with Gasteiger partial charge in [-0.1, -0.05) is 0 Å². The predicted molar refractivity (Wildman–Crippen MR) is 74.0 cm³/mol. The molecule has 0 aliphatic carbocycles. The number of hydrogen-bond donors (Lipinski definition) is 0. The number of nitriles is 1. The van der Waals surface area contributed by atoms with Gasteiger partial charge in [-0.3, -0.25) is 4.68 Å². The fourth-order valence-corrected chi connectivity index (χ4v) is 2.66. The fraction of sp³-hybridized carbons (Fsp3) is 0.429. The highest BCUT2D eigenvalue weighted by Crippen LogP contribution is 2.24. The van der Waals surface area contributed by atoms with E-state index in [4.69, 9.17) is 5.26 Å². The molecule has 0 unspecified atom stereocenters. The summed E-state index contributed by atoms with van der Waals surface area (Å²) in [5.41, 5.74) is 0.596. The Balaban J connectivity index is 1.79. The summed E-state index contributed by atoms with van der Waals surface area (Å²) in [6, 6.07) is 6.23. The minimum absolute atomic E-state index is 0.380. The molecule has 1 atom stereocenters. The molecule has 2 aromatic heterocycles. The van der Waals surface area contributed by atoms with Gasteiger partial charge in [0.2, 0.25) is 0 Å². The Hall–Kier alpha value is -2.42. The predicted octanol–water partition coefficient (Wildman–Crippen LogP) is 1.60. The lowest BCUT2D eigenvalue weighted by Crippen LogP contribution is -2.42. The first-order valence-corrected chi connectivity index (χ1v) is 6.82. The molecular formula is C14H16N6. The van der Waals surface area contributed by atoms with Crippen LogP contribution >= 0.6 is 0 Å². The van der Waals surface area contributed by atoms with Crippen LogP contribution in [0, 0.1) is 11.3 Å². The lowest BCUT2D eigenvalue weighted by Gasteiger charge is -2.36. The molecule has 0 spiro atoms. The van der Waals surface area contributed by atoms with Crippen molar-refractivity contribution in [2.75, 3.05) is 11.4 Å². The van der Waals surface area contributed by atoms with Crippen molar-refractivity contribution in [1.82, 2.24) is 19.7 Å². The van der Waals surface area contributed by atoms with Crippen molar-refractivity contribution in [2.45, 2.75) is 31.8 Å². The van der Waals surface area contributed by atoms with Crippen LogP contribution in [-0.4, -0.2) is 32.3 Å². The van der Waals surface area contributed by atoms with E-state index in [0.29, 0.717) is 11.6 Å². The van der Waals surface area contributed by atoms with Gasteiger partial charge in [0.15, 0.2) is 0 Å². The molecule has 102 valence electrons. The van der Waals surface area contributed by atoms with Crippen molar-refractivity contribution in [1.29, 1.82) is 5.26 Å². The second-order valence-corrected chi connectivity index (χ2v) is 4.98. The molecule has 20 heavy (non-hydrogen) atoms. The number of aromatic nitrogens is 4. The van der Waals surface area contributed by atoms with Gasteiger partial charge in [0.05, 0.1) is 18.2 Å². The van der Waals surface area contributed by atoms with E-state index < -0.39 is 0 Å². The number of pyridine rings is 1. The zero-order valence-corrected chi connectivity index (χ0v) is 11.2. The van der Waals surface area contributed by atoms with Gasteiger partial charge in [-0.2, -0.15) is 10.4 Å². The van der Waals surface area contributed by atoms with Gasteiger partial charge in [-0.25, -0.2) is 9.97 Å². The van der Waals surface area contributed by atoms with Crippen LogP contribution in [0.15, 0.2) is 31.0 Å². The van der Waals surface area contributed by atoms with Gasteiger partial charge < -0.3 is 4.90 Å². The van der Waals surface area contributed by atoms with Crippen molar-refractivity contribution < 1.29 is 0 Å². The third kappa shape index (κ3) is 2.62. The molecule has 1 fully saturated rings. The first-order valence-electron chi connectivity index (χ1n) is 6.82. The second kappa shape index (κ2) is 5.70. The molecule has 1 aliphatic heterocycles. The summed E-state index contributed by atoms with van der Waals surface area (Å²) < 4.78 is 1.87. The standard InChI is InChI=1S/C14H16N6/c15-7-12-4-5-14(17-8-12)20-6-2-1-3-13(20)9-19-11-16-10-18-19/h4-5,8,10-11,13H,1-3,6,9H2/t13-/m1/s1. The van der Waals surface area contributed by atoms with Crippen LogP contribution in [0.3, 0.4) is 0 Å². The van der Waals surface area contributed by atoms with Crippen LogP contribution < -0.4 is 4.90 Å². The Bertz CT molecular complexity index is 583. The van der Waals surface area contributed by atoms with Gasteiger partial charge in [-0.05, 0) is 31.4 Å². The molecule has 6 nitrogen and oxygen atoms in total. The molecular weight excluding hydrogens is 252 g/mol. The Morgan fingerprint density at radius 1 is 1.35 bits per heavy atom. The van der Waals surface area contributed by atoms with E-state index >= 15 is 0 Å².